The highest BCUT2D eigenvalue weighted by Crippen LogP contribution is 1.78. The van der Waals surface area contributed by atoms with Crippen molar-refractivity contribution in [1.82, 2.24) is 0 Å². The van der Waals surface area contributed by atoms with Gasteiger partial charge in [-0.25, -0.2) is 4.58 Å². The summed E-state index contributed by atoms with van der Waals surface area (Å²) in [6.45, 7) is 6.15. The van der Waals surface area contributed by atoms with Crippen LogP contribution in [-0.4, -0.2) is 57.4 Å². The summed E-state index contributed by atoms with van der Waals surface area (Å²) >= 11 is 0. The molecule has 4 heteroatoms. The first-order valence-electron chi connectivity index (χ1n) is 4.66. The summed E-state index contributed by atoms with van der Waals surface area (Å²) in [4.78, 5) is 0. The fourth-order valence-electron chi connectivity index (χ4n) is 0.743. The quantitative estimate of drug-likeness (QED) is 0.324. The molecule has 0 amide bonds. The molecule has 0 radical (unpaired) electrons. The fourth-order valence-corrected chi connectivity index (χ4v) is 0.743. The van der Waals surface area contributed by atoms with E-state index in [0.29, 0.717) is 26.4 Å². The van der Waals surface area contributed by atoms with E-state index < -0.39 is 0 Å². The third kappa shape index (κ3) is 9.46. The molecule has 0 aliphatic rings. The minimum Gasteiger partial charge on any atom is -0.378 e. The molecule has 0 fully saturated rings. The molecule has 0 aromatic carbocycles. The monoisotopic (exact) mass is 189 g/mol. The third-order valence-electron chi connectivity index (χ3n) is 1.66. The van der Waals surface area contributed by atoms with E-state index in [1.807, 2.05) is 20.2 Å². The Balaban J connectivity index is 3.00. The van der Waals surface area contributed by atoms with Gasteiger partial charge in [0.2, 0.25) is 0 Å². The largest absolute Gasteiger partial charge is 0.378 e. The number of likely N-dealkylation sites (N-methyl/N-ethyl adjacent to an activating group) is 1. The van der Waals surface area contributed by atoms with Crippen molar-refractivity contribution in [3.05, 3.63) is 0 Å². The Hall–Kier alpha value is -0.450. The zero-order chi connectivity index (χ0) is 9.94. The van der Waals surface area contributed by atoms with Gasteiger partial charge in [0.05, 0.1) is 19.8 Å². The second kappa shape index (κ2) is 9.64. The topological polar surface area (TPSA) is 47.5 Å². The molecule has 0 atom stereocenters. The van der Waals surface area contributed by atoms with Crippen molar-refractivity contribution in [2.75, 3.05) is 46.6 Å². The molecule has 0 rings (SSSR count). The van der Waals surface area contributed by atoms with E-state index in [-0.39, 0.29) is 0 Å². The van der Waals surface area contributed by atoms with E-state index in [1.165, 1.54) is 0 Å². The number of rotatable bonds is 8. The molecule has 0 aliphatic heterocycles. The Kier molecular flexibility index (Phi) is 9.30. The van der Waals surface area contributed by atoms with Crippen LogP contribution in [0.15, 0.2) is 0 Å². The summed E-state index contributed by atoms with van der Waals surface area (Å²) in [5.41, 5.74) is 5.25. The molecule has 0 aromatic heterocycles. The van der Waals surface area contributed by atoms with Gasteiger partial charge in [0, 0.05) is 13.5 Å². The lowest BCUT2D eigenvalue weighted by Crippen LogP contribution is -2.16. The summed E-state index contributed by atoms with van der Waals surface area (Å²) in [5, 5.41) is 0. The van der Waals surface area contributed by atoms with Crippen LogP contribution in [0, 0.1) is 0 Å². The Labute approximate surface area is 80.3 Å². The first-order chi connectivity index (χ1) is 6.31. The standard InChI is InChI=1S/C9H21N2O2/c1-3-11(2)5-7-13-9-8-12-6-4-10/h3H,4-10H2,1-2H3/q+1. The van der Waals surface area contributed by atoms with Gasteiger partial charge in [0.1, 0.15) is 19.9 Å². The average Bonchev–Trinajstić information content (AvgIpc) is 2.16. The van der Waals surface area contributed by atoms with Gasteiger partial charge in [-0.3, -0.25) is 0 Å². The summed E-state index contributed by atoms with van der Waals surface area (Å²) in [6.07, 6.45) is 2.02. The van der Waals surface area contributed by atoms with Gasteiger partial charge in [0.25, 0.3) is 0 Å². The normalized spacial score (nSPS) is 12.1. The molecule has 0 aromatic rings. The zero-order valence-electron chi connectivity index (χ0n) is 8.66. The number of hydrogen-bond acceptors (Lipinski definition) is 3. The SMILES string of the molecule is CC=[N+](C)CCOCCOCCN. The van der Waals surface area contributed by atoms with Crippen LogP contribution in [0.2, 0.25) is 0 Å². The lowest BCUT2D eigenvalue weighted by Gasteiger charge is -2.03. The smallest absolute Gasteiger partial charge is 0.165 e. The molecular weight excluding hydrogens is 168 g/mol. The van der Waals surface area contributed by atoms with E-state index in [1.54, 1.807) is 0 Å². The summed E-state index contributed by atoms with van der Waals surface area (Å²) < 4.78 is 12.6. The second-order valence-electron chi connectivity index (χ2n) is 2.75. The van der Waals surface area contributed by atoms with Gasteiger partial charge in [-0.1, -0.05) is 0 Å². The Morgan fingerprint density at radius 1 is 1.15 bits per heavy atom. The lowest BCUT2D eigenvalue weighted by molar-refractivity contribution is -0.496. The van der Waals surface area contributed by atoms with Crippen molar-refractivity contribution in [2.45, 2.75) is 6.92 Å². The molecule has 0 spiro atoms. The van der Waals surface area contributed by atoms with Gasteiger partial charge in [-0.15, -0.1) is 0 Å². The summed E-state index contributed by atoms with van der Waals surface area (Å²) in [5.74, 6) is 0. The predicted octanol–water partition coefficient (Wildman–Crippen LogP) is -0.289. The maximum atomic E-state index is 5.33. The van der Waals surface area contributed by atoms with E-state index in [0.717, 1.165) is 13.2 Å². The molecule has 2 N–H and O–H groups in total. The average molecular weight is 189 g/mol. The maximum absolute atomic E-state index is 5.33. The van der Waals surface area contributed by atoms with Crippen LogP contribution in [0.3, 0.4) is 0 Å². The van der Waals surface area contributed by atoms with Gasteiger partial charge in [-0.2, -0.15) is 0 Å². The molecule has 0 saturated carbocycles. The summed E-state index contributed by atoms with van der Waals surface area (Å²) in [6, 6.07) is 0. The van der Waals surface area contributed by atoms with Gasteiger partial charge in [0.15, 0.2) is 6.54 Å². The molecule has 4 nitrogen and oxygen atoms in total. The number of ether oxygens (including phenoxy) is 2. The van der Waals surface area contributed by atoms with Crippen molar-refractivity contribution >= 4 is 6.21 Å². The van der Waals surface area contributed by atoms with Crippen LogP contribution in [0.25, 0.3) is 0 Å². The Morgan fingerprint density at radius 2 is 1.77 bits per heavy atom. The first-order valence-corrected chi connectivity index (χ1v) is 4.66. The molecule has 13 heavy (non-hydrogen) atoms. The predicted molar refractivity (Wildman–Crippen MR) is 53.5 cm³/mol. The molecule has 0 unspecified atom stereocenters. The van der Waals surface area contributed by atoms with Crippen molar-refractivity contribution in [2.24, 2.45) is 5.73 Å². The van der Waals surface area contributed by atoms with Crippen molar-refractivity contribution in [1.29, 1.82) is 0 Å². The van der Waals surface area contributed by atoms with Gasteiger partial charge in [-0.05, 0) is 0 Å². The molecule has 0 bridgehead atoms. The fraction of sp³-hybridized carbons (Fsp3) is 0.889. The van der Waals surface area contributed by atoms with E-state index in [2.05, 4.69) is 4.58 Å². The Bertz CT molecular complexity index is 138. The number of nitrogens with zero attached hydrogens (tertiary/aromatic N) is 1. The minimum atomic E-state index is 0.577. The molecule has 0 saturated heterocycles. The van der Waals surface area contributed by atoms with E-state index in [4.69, 9.17) is 15.2 Å². The van der Waals surface area contributed by atoms with Crippen molar-refractivity contribution in [3.8, 4) is 0 Å². The van der Waals surface area contributed by atoms with Crippen molar-refractivity contribution in [3.63, 3.8) is 0 Å². The van der Waals surface area contributed by atoms with Gasteiger partial charge < -0.3 is 15.2 Å². The maximum Gasteiger partial charge on any atom is 0.165 e. The highest BCUT2D eigenvalue weighted by atomic mass is 16.5. The molecule has 0 aliphatic carbocycles. The summed E-state index contributed by atoms with van der Waals surface area (Å²) in [7, 11) is 2.02. The van der Waals surface area contributed by atoms with Crippen LogP contribution in [-0.2, 0) is 9.47 Å². The minimum absolute atomic E-state index is 0.577. The zero-order valence-corrected chi connectivity index (χ0v) is 8.66. The van der Waals surface area contributed by atoms with Crippen molar-refractivity contribution < 1.29 is 14.0 Å². The lowest BCUT2D eigenvalue weighted by atomic mass is 10.6. The highest BCUT2D eigenvalue weighted by Gasteiger charge is 1.94. The second-order valence-corrected chi connectivity index (χ2v) is 2.75. The van der Waals surface area contributed by atoms with Crippen LogP contribution in [0.5, 0.6) is 0 Å². The van der Waals surface area contributed by atoms with E-state index in [9.17, 15) is 0 Å². The molecule has 78 valence electrons. The Morgan fingerprint density at radius 3 is 2.31 bits per heavy atom. The first kappa shape index (κ1) is 12.6. The van der Waals surface area contributed by atoms with Crippen LogP contribution in [0.1, 0.15) is 6.92 Å². The van der Waals surface area contributed by atoms with E-state index >= 15 is 0 Å². The molecular formula is C9H21N2O2+. The van der Waals surface area contributed by atoms with Crippen LogP contribution >= 0.6 is 0 Å². The number of hydrogen-bond donors (Lipinski definition) is 1. The van der Waals surface area contributed by atoms with Gasteiger partial charge >= 0.3 is 0 Å². The third-order valence-corrected chi connectivity index (χ3v) is 1.66. The van der Waals surface area contributed by atoms with Crippen LogP contribution < -0.4 is 5.73 Å². The molecule has 0 heterocycles. The highest BCUT2D eigenvalue weighted by molar-refractivity contribution is 5.46. The number of nitrogens with two attached hydrogens (primary N) is 1. The van der Waals surface area contributed by atoms with Crippen LogP contribution in [0.4, 0.5) is 0 Å².